The Balaban J connectivity index is 1.56. The highest BCUT2D eigenvalue weighted by molar-refractivity contribution is 6.21. The Hall–Kier alpha value is -1.56. The first kappa shape index (κ1) is 21.2. The number of hydrogen-bond acceptors (Lipinski definition) is 4. The Morgan fingerprint density at radius 1 is 1.25 bits per heavy atom. The number of fused-ring (bicyclic) bond motifs is 1. The first-order valence-electron chi connectivity index (χ1n) is 10.1. The summed E-state index contributed by atoms with van der Waals surface area (Å²) in [5.41, 5.74) is 2.01. The van der Waals surface area contributed by atoms with Crippen molar-refractivity contribution in [3.05, 3.63) is 41.5 Å². The molecule has 6 heteroatoms. The van der Waals surface area contributed by atoms with Crippen molar-refractivity contribution in [1.29, 1.82) is 0 Å². The van der Waals surface area contributed by atoms with Crippen LogP contribution >= 0.6 is 11.6 Å². The van der Waals surface area contributed by atoms with Gasteiger partial charge in [0.1, 0.15) is 5.75 Å². The predicted molar refractivity (Wildman–Crippen MR) is 108 cm³/mol. The van der Waals surface area contributed by atoms with Crippen LogP contribution in [0.1, 0.15) is 55.8 Å². The van der Waals surface area contributed by atoms with Gasteiger partial charge in [0, 0.05) is 23.3 Å². The van der Waals surface area contributed by atoms with Crippen molar-refractivity contribution in [1.82, 2.24) is 0 Å². The number of unbranched alkanes of at least 4 members (excludes halogenated alkanes) is 1. The molecule has 1 aromatic carbocycles. The Labute approximate surface area is 171 Å². The monoisotopic (exact) mass is 408 g/mol. The molecule has 3 N–H and O–H groups in total. The van der Waals surface area contributed by atoms with Gasteiger partial charge in [0.25, 0.3) is 0 Å². The van der Waals surface area contributed by atoms with E-state index in [1.807, 2.05) is 30.4 Å². The number of aliphatic hydroxyl groups is 2. The number of alkyl halides is 1. The van der Waals surface area contributed by atoms with Gasteiger partial charge in [-0.05, 0) is 56.1 Å². The average molecular weight is 409 g/mol. The lowest BCUT2D eigenvalue weighted by Crippen LogP contribution is -2.27. The summed E-state index contributed by atoms with van der Waals surface area (Å²) in [7, 11) is 0. The number of ether oxygens (including phenoxy) is 1. The third kappa shape index (κ3) is 5.07. The normalized spacial score (nSPS) is 29.3. The summed E-state index contributed by atoms with van der Waals surface area (Å²) >= 11 is 6.48. The number of hydrogen-bond donors (Lipinski definition) is 3. The van der Waals surface area contributed by atoms with Gasteiger partial charge in [-0.3, -0.25) is 4.79 Å². The van der Waals surface area contributed by atoms with E-state index in [-0.39, 0.29) is 23.6 Å². The number of allylic oxidation sites excluding steroid dienone is 2. The van der Waals surface area contributed by atoms with E-state index in [0.717, 1.165) is 42.6 Å². The summed E-state index contributed by atoms with van der Waals surface area (Å²) in [4.78, 5) is 10.5. The lowest BCUT2D eigenvalue weighted by molar-refractivity contribution is -0.137. The fraction of sp³-hybridized carbons (Fsp3) is 0.591. The molecule has 0 aromatic heterocycles. The number of aliphatic carboxylic acids is 1. The molecule has 1 saturated carbocycles. The molecular weight excluding hydrogens is 380 g/mol. The van der Waals surface area contributed by atoms with Crippen molar-refractivity contribution in [3.8, 4) is 5.75 Å². The largest absolute Gasteiger partial charge is 0.493 e. The highest BCUT2D eigenvalue weighted by Crippen LogP contribution is 2.41. The van der Waals surface area contributed by atoms with E-state index in [2.05, 4.69) is 0 Å². The molecule has 0 heterocycles. The van der Waals surface area contributed by atoms with Gasteiger partial charge in [0.05, 0.1) is 18.8 Å². The second-order valence-electron chi connectivity index (χ2n) is 7.83. The summed E-state index contributed by atoms with van der Waals surface area (Å²) in [5, 5.41) is 29.1. The van der Waals surface area contributed by atoms with Crippen LogP contribution in [0.25, 0.3) is 0 Å². The van der Waals surface area contributed by atoms with E-state index in [4.69, 9.17) is 21.4 Å². The van der Waals surface area contributed by atoms with E-state index in [0.29, 0.717) is 19.4 Å². The summed E-state index contributed by atoms with van der Waals surface area (Å²) in [6.07, 6.45) is 7.51. The smallest absolute Gasteiger partial charge is 0.303 e. The summed E-state index contributed by atoms with van der Waals surface area (Å²) in [6, 6.07) is 5.76. The second kappa shape index (κ2) is 9.77. The molecule has 2 aliphatic carbocycles. The van der Waals surface area contributed by atoms with Crippen LogP contribution < -0.4 is 4.74 Å². The van der Waals surface area contributed by atoms with E-state index in [1.165, 1.54) is 0 Å². The Kier molecular flexibility index (Phi) is 7.38. The maximum absolute atomic E-state index is 10.5. The predicted octanol–water partition coefficient (Wildman–Crippen LogP) is 3.85. The molecule has 5 atom stereocenters. The highest BCUT2D eigenvalue weighted by Gasteiger charge is 2.41. The minimum absolute atomic E-state index is 0.0478. The molecular formula is C22H29ClO5. The zero-order valence-electron chi connectivity index (χ0n) is 16.0. The van der Waals surface area contributed by atoms with Crippen LogP contribution in [0, 0.1) is 11.8 Å². The van der Waals surface area contributed by atoms with Crippen LogP contribution in [0.2, 0.25) is 0 Å². The number of carboxylic acids is 1. The van der Waals surface area contributed by atoms with E-state index in [9.17, 15) is 15.0 Å². The first-order valence-corrected chi connectivity index (χ1v) is 10.5. The highest BCUT2D eigenvalue weighted by atomic mass is 35.5. The van der Waals surface area contributed by atoms with Gasteiger partial charge in [0.15, 0.2) is 0 Å². The maximum atomic E-state index is 10.5. The topological polar surface area (TPSA) is 87.0 Å². The number of benzene rings is 1. The van der Waals surface area contributed by atoms with Gasteiger partial charge in [-0.25, -0.2) is 0 Å². The molecule has 28 heavy (non-hydrogen) atoms. The van der Waals surface area contributed by atoms with Crippen LogP contribution in [0.3, 0.4) is 0 Å². The van der Waals surface area contributed by atoms with Gasteiger partial charge >= 0.3 is 5.97 Å². The van der Waals surface area contributed by atoms with Crippen LogP contribution in [-0.4, -0.2) is 39.4 Å². The minimum Gasteiger partial charge on any atom is -0.493 e. The Morgan fingerprint density at radius 2 is 2.07 bits per heavy atom. The third-order valence-electron chi connectivity index (χ3n) is 5.94. The molecule has 1 aromatic rings. The quantitative estimate of drug-likeness (QED) is 0.328. The van der Waals surface area contributed by atoms with Gasteiger partial charge in [0.2, 0.25) is 0 Å². The van der Waals surface area contributed by atoms with Crippen molar-refractivity contribution in [2.75, 3.05) is 6.61 Å². The molecule has 0 spiro atoms. The van der Waals surface area contributed by atoms with E-state index < -0.39 is 18.2 Å². The molecule has 154 valence electrons. The van der Waals surface area contributed by atoms with Crippen LogP contribution in [0.5, 0.6) is 5.75 Å². The number of halogens is 1. The fourth-order valence-electron chi connectivity index (χ4n) is 4.35. The van der Waals surface area contributed by atoms with Crippen molar-refractivity contribution in [3.63, 3.8) is 0 Å². The molecule has 3 rings (SSSR count). The van der Waals surface area contributed by atoms with Gasteiger partial charge in [-0.1, -0.05) is 24.3 Å². The average Bonchev–Trinajstić information content (AvgIpc) is 3.16. The molecule has 2 aliphatic rings. The molecule has 0 bridgehead atoms. The van der Waals surface area contributed by atoms with Crippen LogP contribution in [-0.2, 0) is 11.2 Å². The van der Waals surface area contributed by atoms with Crippen molar-refractivity contribution in [2.24, 2.45) is 11.8 Å². The van der Waals surface area contributed by atoms with Crippen molar-refractivity contribution < 1.29 is 24.9 Å². The van der Waals surface area contributed by atoms with Crippen molar-refractivity contribution >= 4 is 17.6 Å². The zero-order valence-corrected chi connectivity index (χ0v) is 16.7. The SMILES string of the molecule is O=C(O)CCC/C=C\CC1[C@H](Cl)C[C@@H](O)[C@@H]1COc1cccc2c1CC[C@H]2O. The first-order chi connectivity index (χ1) is 13.5. The number of carboxylic acid groups (broad SMARTS) is 1. The number of carbonyl (C=O) groups is 1. The minimum atomic E-state index is -0.773. The maximum Gasteiger partial charge on any atom is 0.303 e. The molecule has 0 amide bonds. The van der Waals surface area contributed by atoms with Crippen molar-refractivity contribution in [2.45, 2.75) is 62.5 Å². The van der Waals surface area contributed by atoms with Gasteiger partial charge in [-0.15, -0.1) is 11.6 Å². The molecule has 1 fully saturated rings. The van der Waals surface area contributed by atoms with Crippen LogP contribution in [0.15, 0.2) is 30.4 Å². The van der Waals surface area contributed by atoms with E-state index in [1.54, 1.807) is 0 Å². The Morgan fingerprint density at radius 3 is 2.86 bits per heavy atom. The lowest BCUT2D eigenvalue weighted by Gasteiger charge is -2.23. The third-order valence-corrected chi connectivity index (χ3v) is 6.44. The lowest BCUT2D eigenvalue weighted by atomic mass is 9.92. The number of aliphatic hydroxyl groups excluding tert-OH is 2. The summed E-state index contributed by atoms with van der Waals surface area (Å²) < 4.78 is 6.08. The fourth-order valence-corrected chi connectivity index (χ4v) is 4.83. The summed E-state index contributed by atoms with van der Waals surface area (Å²) in [5.74, 6) is 0.0931. The van der Waals surface area contributed by atoms with Crippen LogP contribution in [0.4, 0.5) is 0 Å². The number of rotatable bonds is 9. The standard InChI is InChI=1S/C22H29ClO5/c23-18-12-20(25)17(14(18)6-3-1-2-4-9-22(26)27)13-28-21-8-5-7-15-16(21)10-11-19(15)24/h1,3,5,7-8,14,17-20,24-25H,2,4,6,9-13H2,(H,26,27)/b3-1-/t14?,17-,18-,19-,20-/m1/s1. The molecule has 1 unspecified atom stereocenters. The molecule has 5 nitrogen and oxygen atoms in total. The van der Waals surface area contributed by atoms with E-state index >= 15 is 0 Å². The van der Waals surface area contributed by atoms with Gasteiger partial charge < -0.3 is 20.1 Å². The second-order valence-corrected chi connectivity index (χ2v) is 8.39. The molecule has 0 aliphatic heterocycles. The summed E-state index contributed by atoms with van der Waals surface area (Å²) in [6.45, 7) is 0.397. The molecule has 0 saturated heterocycles. The Bertz CT molecular complexity index is 704. The molecule has 0 radical (unpaired) electrons. The van der Waals surface area contributed by atoms with Gasteiger partial charge in [-0.2, -0.15) is 0 Å². The zero-order chi connectivity index (χ0) is 20.1.